The van der Waals surface area contributed by atoms with Gasteiger partial charge in [-0.15, -0.1) is 0 Å². The standard InChI is InChI=1S/C16H21N3S/c1-19(11-12-7-5-6-8-12)16-14(15(17)18-20-16)13-9-3-2-4-10-13/h2-4,9-10,12H,5-8,11H2,1H3,(H2,17,18). The van der Waals surface area contributed by atoms with E-state index in [1.54, 1.807) is 0 Å². The Morgan fingerprint density at radius 2 is 1.95 bits per heavy atom. The highest BCUT2D eigenvalue weighted by Crippen LogP contribution is 2.39. The second-order valence-corrected chi connectivity index (χ2v) is 6.40. The minimum absolute atomic E-state index is 0.648. The van der Waals surface area contributed by atoms with Crippen LogP contribution in [0.3, 0.4) is 0 Å². The number of nitrogen functional groups attached to an aromatic ring is 1. The molecule has 1 saturated carbocycles. The Morgan fingerprint density at radius 3 is 2.65 bits per heavy atom. The monoisotopic (exact) mass is 287 g/mol. The Labute approximate surface area is 124 Å². The van der Waals surface area contributed by atoms with E-state index in [4.69, 9.17) is 5.73 Å². The van der Waals surface area contributed by atoms with Gasteiger partial charge in [-0.1, -0.05) is 43.2 Å². The van der Waals surface area contributed by atoms with Gasteiger partial charge in [-0.3, -0.25) is 0 Å². The average Bonchev–Trinajstić information content (AvgIpc) is 3.09. The first-order valence-electron chi connectivity index (χ1n) is 7.27. The molecule has 1 aliphatic carbocycles. The van der Waals surface area contributed by atoms with Crippen LogP contribution in [0.5, 0.6) is 0 Å². The number of aromatic nitrogens is 1. The van der Waals surface area contributed by atoms with Crippen LogP contribution in [-0.4, -0.2) is 18.0 Å². The average molecular weight is 287 g/mol. The van der Waals surface area contributed by atoms with E-state index in [1.807, 2.05) is 18.2 Å². The van der Waals surface area contributed by atoms with Gasteiger partial charge in [0, 0.05) is 13.6 Å². The Morgan fingerprint density at radius 1 is 1.25 bits per heavy atom. The Kier molecular flexibility index (Phi) is 3.92. The van der Waals surface area contributed by atoms with Crippen LogP contribution in [0.15, 0.2) is 30.3 Å². The van der Waals surface area contributed by atoms with Gasteiger partial charge >= 0.3 is 0 Å². The van der Waals surface area contributed by atoms with E-state index in [1.165, 1.54) is 42.2 Å². The zero-order valence-electron chi connectivity index (χ0n) is 11.9. The molecule has 0 aliphatic heterocycles. The minimum atomic E-state index is 0.648. The van der Waals surface area contributed by atoms with E-state index >= 15 is 0 Å². The highest BCUT2D eigenvalue weighted by Gasteiger charge is 2.21. The van der Waals surface area contributed by atoms with Gasteiger partial charge in [0.05, 0.1) is 5.56 Å². The normalized spacial score (nSPS) is 15.7. The zero-order valence-corrected chi connectivity index (χ0v) is 12.7. The predicted molar refractivity (Wildman–Crippen MR) is 87.2 cm³/mol. The fourth-order valence-electron chi connectivity index (χ4n) is 3.09. The molecule has 2 aromatic rings. The van der Waals surface area contributed by atoms with Gasteiger partial charge in [-0.05, 0) is 35.9 Å². The molecule has 0 spiro atoms. The van der Waals surface area contributed by atoms with Crippen LogP contribution in [0, 0.1) is 5.92 Å². The summed E-state index contributed by atoms with van der Waals surface area (Å²) in [5.41, 5.74) is 8.34. The van der Waals surface area contributed by atoms with Gasteiger partial charge in [-0.2, -0.15) is 4.37 Å². The molecule has 0 saturated heterocycles. The van der Waals surface area contributed by atoms with E-state index in [0.717, 1.165) is 23.6 Å². The van der Waals surface area contributed by atoms with Crippen molar-refractivity contribution in [3.05, 3.63) is 30.3 Å². The van der Waals surface area contributed by atoms with Crippen molar-refractivity contribution in [1.29, 1.82) is 0 Å². The van der Waals surface area contributed by atoms with Crippen molar-refractivity contribution in [2.45, 2.75) is 25.7 Å². The topological polar surface area (TPSA) is 42.2 Å². The number of rotatable bonds is 4. The first-order valence-corrected chi connectivity index (χ1v) is 8.04. The first-order chi connectivity index (χ1) is 9.75. The summed E-state index contributed by atoms with van der Waals surface area (Å²) >= 11 is 1.51. The molecule has 20 heavy (non-hydrogen) atoms. The van der Waals surface area contributed by atoms with Crippen LogP contribution in [0.25, 0.3) is 11.1 Å². The second-order valence-electron chi connectivity index (χ2n) is 5.64. The molecule has 0 amide bonds. The van der Waals surface area contributed by atoms with Crippen LogP contribution in [0.1, 0.15) is 25.7 Å². The summed E-state index contributed by atoms with van der Waals surface area (Å²) in [6.07, 6.45) is 5.49. The fraction of sp³-hybridized carbons (Fsp3) is 0.438. The predicted octanol–water partition coefficient (Wildman–Crippen LogP) is 4.02. The molecule has 4 heteroatoms. The smallest absolute Gasteiger partial charge is 0.147 e. The first kappa shape index (κ1) is 13.4. The molecule has 0 bridgehead atoms. The fourth-order valence-corrected chi connectivity index (χ4v) is 3.90. The summed E-state index contributed by atoms with van der Waals surface area (Å²) in [6, 6.07) is 10.3. The van der Waals surface area contributed by atoms with Crippen molar-refractivity contribution in [2.24, 2.45) is 5.92 Å². The largest absolute Gasteiger partial charge is 0.382 e. The molecular weight excluding hydrogens is 266 g/mol. The molecule has 2 N–H and O–H groups in total. The van der Waals surface area contributed by atoms with Crippen LogP contribution in [0.4, 0.5) is 10.8 Å². The van der Waals surface area contributed by atoms with Crippen molar-refractivity contribution < 1.29 is 0 Å². The molecule has 106 valence electrons. The van der Waals surface area contributed by atoms with E-state index < -0.39 is 0 Å². The number of nitrogens with zero attached hydrogens (tertiary/aromatic N) is 2. The van der Waals surface area contributed by atoms with Crippen LogP contribution in [-0.2, 0) is 0 Å². The molecular formula is C16H21N3S. The lowest BCUT2D eigenvalue weighted by atomic mass is 10.1. The van der Waals surface area contributed by atoms with E-state index in [0.29, 0.717) is 5.82 Å². The van der Waals surface area contributed by atoms with Crippen LogP contribution >= 0.6 is 11.5 Å². The number of anilines is 2. The van der Waals surface area contributed by atoms with E-state index in [-0.39, 0.29) is 0 Å². The Bertz CT molecular complexity index is 558. The van der Waals surface area contributed by atoms with Crippen LogP contribution < -0.4 is 10.6 Å². The Balaban J connectivity index is 1.86. The zero-order chi connectivity index (χ0) is 13.9. The number of nitrogens with two attached hydrogens (primary N) is 1. The third kappa shape index (κ3) is 2.66. The maximum Gasteiger partial charge on any atom is 0.147 e. The van der Waals surface area contributed by atoms with Gasteiger partial charge in [0.15, 0.2) is 0 Å². The summed E-state index contributed by atoms with van der Waals surface area (Å²) in [4.78, 5) is 2.34. The molecule has 1 aromatic carbocycles. The van der Waals surface area contributed by atoms with Crippen molar-refractivity contribution in [2.75, 3.05) is 24.2 Å². The summed E-state index contributed by atoms with van der Waals surface area (Å²) in [6.45, 7) is 1.11. The molecule has 1 fully saturated rings. The molecule has 1 heterocycles. The SMILES string of the molecule is CN(CC1CCCC1)c1snc(N)c1-c1ccccc1. The number of hydrogen-bond donors (Lipinski definition) is 1. The van der Waals surface area contributed by atoms with Gasteiger partial charge in [0.25, 0.3) is 0 Å². The lowest BCUT2D eigenvalue weighted by Gasteiger charge is -2.22. The van der Waals surface area contributed by atoms with Gasteiger partial charge < -0.3 is 10.6 Å². The third-order valence-electron chi connectivity index (χ3n) is 4.12. The van der Waals surface area contributed by atoms with E-state index in [9.17, 15) is 0 Å². The second kappa shape index (κ2) is 5.83. The van der Waals surface area contributed by atoms with Crippen molar-refractivity contribution in [3.63, 3.8) is 0 Å². The molecule has 3 rings (SSSR count). The minimum Gasteiger partial charge on any atom is -0.382 e. The van der Waals surface area contributed by atoms with Gasteiger partial charge in [0.2, 0.25) is 0 Å². The van der Waals surface area contributed by atoms with E-state index in [2.05, 4.69) is 28.5 Å². The molecule has 3 nitrogen and oxygen atoms in total. The van der Waals surface area contributed by atoms with Crippen LogP contribution in [0.2, 0.25) is 0 Å². The highest BCUT2D eigenvalue weighted by atomic mass is 32.1. The summed E-state index contributed by atoms with van der Waals surface area (Å²) in [5, 5.41) is 1.20. The lowest BCUT2D eigenvalue weighted by molar-refractivity contribution is 0.548. The van der Waals surface area contributed by atoms with Gasteiger partial charge in [0.1, 0.15) is 10.8 Å². The molecule has 0 atom stereocenters. The summed E-state index contributed by atoms with van der Waals surface area (Å²) in [7, 11) is 2.16. The van der Waals surface area contributed by atoms with Crippen molar-refractivity contribution in [1.82, 2.24) is 4.37 Å². The maximum absolute atomic E-state index is 6.09. The number of benzene rings is 1. The Hall–Kier alpha value is -1.55. The maximum atomic E-state index is 6.09. The number of hydrogen-bond acceptors (Lipinski definition) is 4. The third-order valence-corrected chi connectivity index (χ3v) is 5.09. The molecule has 0 radical (unpaired) electrons. The molecule has 0 unspecified atom stereocenters. The summed E-state index contributed by atoms with van der Waals surface area (Å²) < 4.78 is 4.37. The van der Waals surface area contributed by atoms with Gasteiger partial charge in [-0.25, -0.2) is 0 Å². The quantitative estimate of drug-likeness (QED) is 0.923. The summed E-state index contributed by atoms with van der Waals surface area (Å²) in [5.74, 6) is 1.47. The van der Waals surface area contributed by atoms with Crippen molar-refractivity contribution in [3.8, 4) is 11.1 Å². The highest BCUT2D eigenvalue weighted by molar-refractivity contribution is 7.11. The lowest BCUT2D eigenvalue weighted by Crippen LogP contribution is -2.23. The molecule has 1 aliphatic rings. The van der Waals surface area contributed by atoms with Crippen molar-refractivity contribution >= 4 is 22.4 Å². The molecule has 1 aromatic heterocycles.